The van der Waals surface area contributed by atoms with Crippen LogP contribution in [-0.4, -0.2) is 55.1 Å². The van der Waals surface area contributed by atoms with Crippen LogP contribution in [0.25, 0.3) is 0 Å². The molecule has 1 amide bonds. The standard InChI is InChI=1S/C23H32N4O/c1-4-11-26(12-5-2)22-18-20(9-10-24-22)23(28)27-15-13-25(14-16-27)21-8-6-7-19(3)17-21/h6-10,17-18H,4-5,11-16H2,1-3H3. The van der Waals surface area contributed by atoms with Gasteiger partial charge >= 0.3 is 0 Å². The molecule has 0 spiro atoms. The van der Waals surface area contributed by atoms with Gasteiger partial charge in [-0.3, -0.25) is 4.79 Å². The van der Waals surface area contributed by atoms with Crippen LogP contribution in [0.5, 0.6) is 0 Å². The summed E-state index contributed by atoms with van der Waals surface area (Å²) in [5.74, 6) is 1.02. The van der Waals surface area contributed by atoms with Gasteiger partial charge in [0.15, 0.2) is 0 Å². The smallest absolute Gasteiger partial charge is 0.254 e. The van der Waals surface area contributed by atoms with Gasteiger partial charge in [0.25, 0.3) is 5.91 Å². The molecule has 3 rings (SSSR count). The number of piperazine rings is 1. The number of nitrogens with zero attached hydrogens (tertiary/aromatic N) is 4. The quantitative estimate of drug-likeness (QED) is 0.728. The zero-order chi connectivity index (χ0) is 19.9. The van der Waals surface area contributed by atoms with E-state index in [-0.39, 0.29) is 5.91 Å². The van der Waals surface area contributed by atoms with E-state index in [0.717, 1.165) is 63.5 Å². The lowest BCUT2D eigenvalue weighted by atomic mass is 10.1. The van der Waals surface area contributed by atoms with Crippen LogP contribution in [0.4, 0.5) is 11.5 Å². The molecule has 5 heteroatoms. The molecule has 0 radical (unpaired) electrons. The lowest BCUT2D eigenvalue weighted by Gasteiger charge is -2.36. The van der Waals surface area contributed by atoms with Crippen molar-refractivity contribution in [3.05, 3.63) is 53.7 Å². The molecule has 28 heavy (non-hydrogen) atoms. The van der Waals surface area contributed by atoms with Crippen molar-refractivity contribution in [3.8, 4) is 0 Å². The van der Waals surface area contributed by atoms with Gasteiger partial charge in [0.05, 0.1) is 0 Å². The summed E-state index contributed by atoms with van der Waals surface area (Å²) in [5, 5.41) is 0. The van der Waals surface area contributed by atoms with Gasteiger partial charge in [0.1, 0.15) is 5.82 Å². The molecule has 5 nitrogen and oxygen atoms in total. The van der Waals surface area contributed by atoms with Crippen molar-refractivity contribution in [3.63, 3.8) is 0 Å². The average molecular weight is 381 g/mol. The van der Waals surface area contributed by atoms with E-state index in [0.29, 0.717) is 0 Å². The number of hydrogen-bond donors (Lipinski definition) is 0. The third-order valence-corrected chi connectivity index (χ3v) is 5.24. The Kier molecular flexibility index (Phi) is 6.90. The van der Waals surface area contributed by atoms with Gasteiger partial charge in [-0.1, -0.05) is 26.0 Å². The van der Waals surface area contributed by atoms with Crippen LogP contribution in [0.1, 0.15) is 42.6 Å². The van der Waals surface area contributed by atoms with Gasteiger partial charge in [0, 0.05) is 56.7 Å². The molecule has 0 unspecified atom stereocenters. The molecule has 150 valence electrons. The van der Waals surface area contributed by atoms with E-state index in [1.54, 1.807) is 6.20 Å². The van der Waals surface area contributed by atoms with Crippen molar-refractivity contribution in [2.75, 3.05) is 49.1 Å². The summed E-state index contributed by atoms with van der Waals surface area (Å²) in [6.45, 7) is 11.6. The Morgan fingerprint density at radius 2 is 1.75 bits per heavy atom. The Hall–Kier alpha value is -2.56. The number of carbonyl (C=O) groups excluding carboxylic acids is 1. The Labute approximate surface area is 169 Å². The van der Waals surface area contributed by atoms with E-state index in [1.807, 2.05) is 17.0 Å². The largest absolute Gasteiger partial charge is 0.368 e. The normalized spacial score (nSPS) is 14.2. The van der Waals surface area contributed by atoms with E-state index in [1.165, 1.54) is 11.3 Å². The van der Waals surface area contributed by atoms with Crippen molar-refractivity contribution < 1.29 is 4.79 Å². The summed E-state index contributed by atoms with van der Waals surface area (Å²) in [7, 11) is 0. The van der Waals surface area contributed by atoms with Gasteiger partial charge in [-0.15, -0.1) is 0 Å². The van der Waals surface area contributed by atoms with Crippen LogP contribution >= 0.6 is 0 Å². The molecule has 1 aliphatic heterocycles. The van der Waals surface area contributed by atoms with Crippen molar-refractivity contribution in [2.45, 2.75) is 33.6 Å². The third kappa shape index (κ3) is 4.83. The molecule has 0 bridgehead atoms. The first-order valence-corrected chi connectivity index (χ1v) is 10.4. The summed E-state index contributed by atoms with van der Waals surface area (Å²) in [6, 6.07) is 12.4. The van der Waals surface area contributed by atoms with Crippen LogP contribution in [0.2, 0.25) is 0 Å². The monoisotopic (exact) mass is 380 g/mol. The van der Waals surface area contributed by atoms with E-state index in [9.17, 15) is 4.79 Å². The summed E-state index contributed by atoms with van der Waals surface area (Å²) in [6.07, 6.45) is 3.91. The molecule has 1 aromatic carbocycles. The molecule has 0 N–H and O–H groups in total. The van der Waals surface area contributed by atoms with Crippen molar-refractivity contribution in [1.82, 2.24) is 9.88 Å². The molecule has 1 aliphatic rings. The molecule has 0 saturated carbocycles. The average Bonchev–Trinajstić information content (AvgIpc) is 2.73. The van der Waals surface area contributed by atoms with Gasteiger partial charge in [-0.2, -0.15) is 0 Å². The maximum atomic E-state index is 13.0. The van der Waals surface area contributed by atoms with Gasteiger partial charge in [0.2, 0.25) is 0 Å². The predicted molar refractivity (Wildman–Crippen MR) is 116 cm³/mol. The minimum absolute atomic E-state index is 0.112. The Morgan fingerprint density at radius 1 is 1.04 bits per heavy atom. The second-order valence-electron chi connectivity index (χ2n) is 7.51. The number of aryl methyl sites for hydroxylation is 1. The van der Waals surface area contributed by atoms with E-state index >= 15 is 0 Å². The highest BCUT2D eigenvalue weighted by atomic mass is 16.2. The first-order chi connectivity index (χ1) is 13.6. The lowest BCUT2D eigenvalue weighted by Crippen LogP contribution is -2.48. The van der Waals surface area contributed by atoms with Crippen LogP contribution < -0.4 is 9.80 Å². The molecule has 2 heterocycles. The molecule has 0 aliphatic carbocycles. The fourth-order valence-corrected chi connectivity index (χ4v) is 3.78. The molecule has 1 fully saturated rings. The maximum absolute atomic E-state index is 13.0. The zero-order valence-electron chi connectivity index (χ0n) is 17.4. The Bertz CT molecular complexity index is 778. The molecular weight excluding hydrogens is 348 g/mol. The van der Waals surface area contributed by atoms with Crippen LogP contribution in [-0.2, 0) is 0 Å². The van der Waals surface area contributed by atoms with Crippen molar-refractivity contribution in [2.24, 2.45) is 0 Å². The van der Waals surface area contributed by atoms with E-state index in [4.69, 9.17) is 0 Å². The fraction of sp³-hybridized carbons (Fsp3) is 0.478. The number of benzene rings is 1. The topological polar surface area (TPSA) is 39.7 Å². The summed E-state index contributed by atoms with van der Waals surface area (Å²) < 4.78 is 0. The van der Waals surface area contributed by atoms with Crippen molar-refractivity contribution in [1.29, 1.82) is 0 Å². The first kappa shape index (κ1) is 20.2. The number of rotatable bonds is 7. The van der Waals surface area contributed by atoms with Crippen LogP contribution in [0.15, 0.2) is 42.6 Å². The summed E-state index contributed by atoms with van der Waals surface area (Å²) in [5.41, 5.74) is 3.25. The molecule has 0 atom stereocenters. The second kappa shape index (κ2) is 9.58. The molecular formula is C23H32N4O. The number of aromatic nitrogens is 1. The lowest BCUT2D eigenvalue weighted by molar-refractivity contribution is 0.0746. The minimum atomic E-state index is 0.112. The predicted octanol–water partition coefficient (Wildman–Crippen LogP) is 3.98. The van der Waals surface area contributed by atoms with E-state index < -0.39 is 0 Å². The minimum Gasteiger partial charge on any atom is -0.368 e. The highest BCUT2D eigenvalue weighted by Gasteiger charge is 2.23. The van der Waals surface area contributed by atoms with Crippen LogP contribution in [0.3, 0.4) is 0 Å². The van der Waals surface area contributed by atoms with Gasteiger partial charge in [-0.25, -0.2) is 4.98 Å². The van der Waals surface area contributed by atoms with Crippen molar-refractivity contribution >= 4 is 17.4 Å². The fourth-order valence-electron chi connectivity index (χ4n) is 3.78. The van der Waals surface area contributed by atoms with E-state index in [2.05, 4.69) is 59.8 Å². The highest BCUT2D eigenvalue weighted by molar-refractivity contribution is 5.95. The number of anilines is 2. The second-order valence-corrected chi connectivity index (χ2v) is 7.51. The van der Waals surface area contributed by atoms with Gasteiger partial charge in [-0.05, 0) is 49.6 Å². The molecule has 1 aromatic heterocycles. The number of pyridine rings is 1. The zero-order valence-corrected chi connectivity index (χ0v) is 17.4. The molecule has 2 aromatic rings. The maximum Gasteiger partial charge on any atom is 0.254 e. The number of hydrogen-bond acceptors (Lipinski definition) is 4. The Morgan fingerprint density at radius 3 is 2.39 bits per heavy atom. The van der Waals surface area contributed by atoms with Crippen LogP contribution in [0, 0.1) is 6.92 Å². The highest BCUT2D eigenvalue weighted by Crippen LogP contribution is 2.20. The summed E-state index contributed by atoms with van der Waals surface area (Å²) >= 11 is 0. The number of amides is 1. The molecule has 1 saturated heterocycles. The van der Waals surface area contributed by atoms with Gasteiger partial charge < -0.3 is 14.7 Å². The summed E-state index contributed by atoms with van der Waals surface area (Å²) in [4.78, 5) is 24.2. The SMILES string of the molecule is CCCN(CCC)c1cc(C(=O)N2CCN(c3cccc(C)c3)CC2)ccn1. The Balaban J connectivity index is 1.65. The first-order valence-electron chi connectivity index (χ1n) is 10.4. The number of carbonyl (C=O) groups is 1. The third-order valence-electron chi connectivity index (χ3n) is 5.24.